The zero-order chi connectivity index (χ0) is 19.3. The number of hydrogen-bond donors (Lipinski definition) is 3. The van der Waals surface area contributed by atoms with E-state index in [0.717, 1.165) is 30.1 Å². The van der Waals surface area contributed by atoms with Crippen LogP contribution >= 0.6 is 11.8 Å². The first-order chi connectivity index (χ1) is 13.7. The molecule has 28 heavy (non-hydrogen) atoms. The third-order valence-electron chi connectivity index (χ3n) is 5.39. The standard InChI is InChI=1S/C22H25N3O2S/c26-20(23-12-11-16-7-3-1-4-8-16)17-9-10-19-18(15-17)24-21(27)22(28-19)25-13-5-2-6-14-25/h1,3-4,7-10,15,22H,2,5-6,11-14H2,(H,23,26)(H,24,27)/p+1. The Hall–Kier alpha value is -2.31. The molecule has 0 saturated carbocycles. The molecule has 0 aromatic heterocycles. The molecular weight excluding hydrogens is 370 g/mol. The Labute approximate surface area is 169 Å². The monoisotopic (exact) mass is 396 g/mol. The molecule has 2 aliphatic heterocycles. The van der Waals surface area contributed by atoms with Gasteiger partial charge < -0.3 is 15.5 Å². The molecule has 1 fully saturated rings. The van der Waals surface area contributed by atoms with E-state index >= 15 is 0 Å². The molecule has 1 atom stereocenters. The number of quaternary nitrogens is 1. The number of fused-ring (bicyclic) bond motifs is 1. The lowest BCUT2D eigenvalue weighted by Crippen LogP contribution is -3.17. The van der Waals surface area contributed by atoms with Crippen LogP contribution in [0.15, 0.2) is 53.4 Å². The minimum absolute atomic E-state index is 0.0519. The predicted molar refractivity (Wildman–Crippen MR) is 112 cm³/mol. The number of piperidine rings is 1. The zero-order valence-corrected chi connectivity index (χ0v) is 16.7. The lowest BCUT2D eigenvalue weighted by molar-refractivity contribution is -0.906. The summed E-state index contributed by atoms with van der Waals surface area (Å²) in [6.45, 7) is 2.70. The van der Waals surface area contributed by atoms with Crippen LogP contribution in [0.5, 0.6) is 0 Å². The molecule has 2 heterocycles. The smallest absolute Gasteiger partial charge is 0.294 e. The molecule has 2 amide bonds. The Morgan fingerprint density at radius 2 is 1.89 bits per heavy atom. The molecule has 1 unspecified atom stereocenters. The van der Waals surface area contributed by atoms with Crippen molar-refractivity contribution in [3.63, 3.8) is 0 Å². The van der Waals surface area contributed by atoms with Crippen molar-refractivity contribution in [2.45, 2.75) is 36.0 Å². The fraction of sp³-hybridized carbons (Fsp3) is 0.364. The van der Waals surface area contributed by atoms with Crippen LogP contribution in [0, 0.1) is 0 Å². The summed E-state index contributed by atoms with van der Waals surface area (Å²) in [7, 11) is 0. The van der Waals surface area contributed by atoms with Gasteiger partial charge in [-0.15, -0.1) is 0 Å². The first kappa shape index (κ1) is 19.0. The van der Waals surface area contributed by atoms with Crippen molar-refractivity contribution < 1.29 is 14.5 Å². The number of carbonyl (C=O) groups is 2. The Kier molecular flexibility index (Phi) is 5.98. The minimum Gasteiger partial charge on any atom is -0.352 e. The number of rotatable bonds is 5. The van der Waals surface area contributed by atoms with Crippen molar-refractivity contribution in [2.24, 2.45) is 0 Å². The van der Waals surface area contributed by atoms with Crippen molar-refractivity contribution in [2.75, 3.05) is 25.0 Å². The van der Waals surface area contributed by atoms with Crippen molar-refractivity contribution in [1.29, 1.82) is 0 Å². The molecule has 146 valence electrons. The number of thioether (sulfide) groups is 1. The fourth-order valence-electron chi connectivity index (χ4n) is 3.85. The first-order valence-electron chi connectivity index (χ1n) is 9.99. The largest absolute Gasteiger partial charge is 0.352 e. The van der Waals surface area contributed by atoms with Gasteiger partial charge in [-0.1, -0.05) is 42.1 Å². The molecule has 3 N–H and O–H groups in total. The van der Waals surface area contributed by atoms with E-state index in [1.807, 2.05) is 30.3 Å². The van der Waals surface area contributed by atoms with Gasteiger partial charge in [0.15, 0.2) is 0 Å². The summed E-state index contributed by atoms with van der Waals surface area (Å²) in [4.78, 5) is 27.5. The van der Waals surface area contributed by atoms with Gasteiger partial charge in [0.25, 0.3) is 11.8 Å². The molecule has 0 spiro atoms. The summed E-state index contributed by atoms with van der Waals surface area (Å²) in [5.41, 5.74) is 2.53. The van der Waals surface area contributed by atoms with Crippen molar-refractivity contribution in [1.82, 2.24) is 5.32 Å². The normalized spacial score (nSPS) is 19.6. The zero-order valence-electron chi connectivity index (χ0n) is 15.9. The van der Waals surface area contributed by atoms with Gasteiger partial charge in [0.2, 0.25) is 5.37 Å². The molecule has 2 aromatic carbocycles. The maximum Gasteiger partial charge on any atom is 0.294 e. The Bertz CT molecular complexity index is 850. The highest BCUT2D eigenvalue weighted by Crippen LogP contribution is 2.34. The van der Waals surface area contributed by atoms with Crippen LogP contribution in [0.1, 0.15) is 35.2 Å². The molecule has 2 aromatic rings. The number of likely N-dealkylation sites (tertiary alicyclic amines) is 1. The van der Waals surface area contributed by atoms with E-state index in [1.165, 1.54) is 29.7 Å². The van der Waals surface area contributed by atoms with Gasteiger partial charge in [0, 0.05) is 17.0 Å². The van der Waals surface area contributed by atoms with E-state index in [2.05, 4.69) is 22.8 Å². The van der Waals surface area contributed by atoms with E-state index in [-0.39, 0.29) is 17.2 Å². The number of carbonyl (C=O) groups excluding carboxylic acids is 2. The Balaban J connectivity index is 1.38. The molecule has 0 radical (unpaired) electrons. The van der Waals surface area contributed by atoms with Crippen molar-refractivity contribution >= 4 is 29.3 Å². The quantitative estimate of drug-likeness (QED) is 0.725. The Morgan fingerprint density at radius 1 is 1.11 bits per heavy atom. The molecule has 2 aliphatic rings. The summed E-state index contributed by atoms with van der Waals surface area (Å²) in [6.07, 6.45) is 4.44. The number of nitrogens with one attached hydrogen (secondary N) is 3. The summed E-state index contributed by atoms with van der Waals surface area (Å²) < 4.78 is 0. The molecule has 0 bridgehead atoms. The van der Waals surface area contributed by atoms with Crippen LogP contribution in [0.25, 0.3) is 0 Å². The second kappa shape index (κ2) is 8.80. The van der Waals surface area contributed by atoms with Crippen LogP contribution in [-0.4, -0.2) is 36.8 Å². The maximum absolute atomic E-state index is 12.6. The van der Waals surface area contributed by atoms with Gasteiger partial charge in [0.1, 0.15) is 0 Å². The first-order valence-corrected chi connectivity index (χ1v) is 10.9. The molecule has 4 rings (SSSR count). The third kappa shape index (κ3) is 4.39. The molecule has 5 nitrogen and oxygen atoms in total. The highest BCUT2D eigenvalue weighted by Gasteiger charge is 2.36. The van der Waals surface area contributed by atoms with Gasteiger partial charge in [0.05, 0.1) is 18.8 Å². The van der Waals surface area contributed by atoms with Crippen LogP contribution < -0.4 is 15.5 Å². The third-order valence-corrected chi connectivity index (χ3v) is 6.78. The highest BCUT2D eigenvalue weighted by atomic mass is 32.2. The van der Waals surface area contributed by atoms with E-state index in [1.54, 1.807) is 17.8 Å². The number of amides is 2. The summed E-state index contributed by atoms with van der Waals surface area (Å²) in [6, 6.07) is 15.7. The predicted octanol–water partition coefficient (Wildman–Crippen LogP) is 2.10. The lowest BCUT2D eigenvalue weighted by atomic mass is 10.1. The maximum atomic E-state index is 12.6. The van der Waals surface area contributed by atoms with E-state index < -0.39 is 0 Å². The number of anilines is 1. The van der Waals surface area contributed by atoms with Crippen LogP contribution in [0.2, 0.25) is 0 Å². The van der Waals surface area contributed by atoms with E-state index in [9.17, 15) is 9.59 Å². The average molecular weight is 397 g/mol. The van der Waals surface area contributed by atoms with E-state index in [0.29, 0.717) is 12.1 Å². The van der Waals surface area contributed by atoms with Crippen LogP contribution in [-0.2, 0) is 11.2 Å². The van der Waals surface area contributed by atoms with Gasteiger partial charge >= 0.3 is 0 Å². The second-order valence-electron chi connectivity index (χ2n) is 7.41. The van der Waals surface area contributed by atoms with Gasteiger partial charge in [-0.25, -0.2) is 0 Å². The van der Waals surface area contributed by atoms with Crippen LogP contribution in [0.3, 0.4) is 0 Å². The van der Waals surface area contributed by atoms with Gasteiger partial charge in [-0.05, 0) is 49.4 Å². The fourth-order valence-corrected chi connectivity index (χ4v) is 5.06. The van der Waals surface area contributed by atoms with Gasteiger partial charge in [-0.2, -0.15) is 0 Å². The highest BCUT2D eigenvalue weighted by molar-refractivity contribution is 8.00. The number of hydrogen-bond acceptors (Lipinski definition) is 3. The molecule has 1 saturated heterocycles. The lowest BCUT2D eigenvalue weighted by Gasteiger charge is -2.33. The number of benzene rings is 2. The topological polar surface area (TPSA) is 62.6 Å². The average Bonchev–Trinajstić information content (AvgIpc) is 2.74. The molecule has 0 aliphatic carbocycles. The molecular formula is C22H26N3O2S+. The summed E-state index contributed by atoms with van der Waals surface area (Å²) in [5.74, 6) is -0.0576. The summed E-state index contributed by atoms with van der Waals surface area (Å²) in [5, 5.41) is 5.90. The SMILES string of the molecule is O=C(NCCc1ccccc1)c1ccc2c(c1)NC(=O)C([NH+]1CCCCC1)S2. The van der Waals surface area contributed by atoms with Crippen molar-refractivity contribution in [3.05, 3.63) is 59.7 Å². The second-order valence-corrected chi connectivity index (χ2v) is 8.56. The van der Waals surface area contributed by atoms with Crippen LogP contribution in [0.4, 0.5) is 5.69 Å². The van der Waals surface area contributed by atoms with Crippen molar-refractivity contribution in [3.8, 4) is 0 Å². The molecule has 6 heteroatoms. The summed E-state index contributed by atoms with van der Waals surface area (Å²) >= 11 is 1.63. The Morgan fingerprint density at radius 3 is 2.68 bits per heavy atom. The minimum atomic E-state index is -0.109. The van der Waals surface area contributed by atoms with E-state index in [4.69, 9.17) is 0 Å². The van der Waals surface area contributed by atoms with Gasteiger partial charge in [-0.3, -0.25) is 9.59 Å².